The van der Waals surface area contributed by atoms with E-state index in [0.29, 0.717) is 5.69 Å². The van der Waals surface area contributed by atoms with E-state index in [4.69, 9.17) is 4.74 Å². The van der Waals surface area contributed by atoms with Gasteiger partial charge in [0.1, 0.15) is 5.57 Å². The largest absolute Gasteiger partial charge is 0.383 e. The molecule has 31 heavy (non-hydrogen) atoms. The van der Waals surface area contributed by atoms with Crippen LogP contribution < -0.4 is 4.90 Å². The van der Waals surface area contributed by atoms with Gasteiger partial charge >= 0.3 is 6.03 Å². The van der Waals surface area contributed by atoms with Gasteiger partial charge in [0.2, 0.25) is 0 Å². The van der Waals surface area contributed by atoms with E-state index in [-0.39, 0.29) is 18.7 Å². The number of imide groups is 2. The fourth-order valence-corrected chi connectivity index (χ4v) is 3.77. The maximum absolute atomic E-state index is 13.3. The first-order chi connectivity index (χ1) is 15.1. The highest BCUT2D eigenvalue weighted by molar-refractivity contribution is 6.39. The number of hydrogen-bond donors (Lipinski definition) is 0. The summed E-state index contributed by atoms with van der Waals surface area (Å²) in [6.07, 6.45) is 3.50. The Bertz CT molecular complexity index is 1180. The molecule has 0 atom stereocenters. The number of para-hydroxylation sites is 2. The van der Waals surface area contributed by atoms with Gasteiger partial charge in [-0.1, -0.05) is 36.4 Å². The summed E-state index contributed by atoms with van der Waals surface area (Å²) in [5.41, 5.74) is 2.12. The molecule has 158 valence electrons. The number of hydrogen-bond acceptors (Lipinski definition) is 4. The van der Waals surface area contributed by atoms with Crippen LogP contribution in [0.4, 0.5) is 10.5 Å². The highest BCUT2D eigenvalue weighted by Gasteiger charge is 2.42. The third-order valence-corrected chi connectivity index (χ3v) is 5.32. The molecular weight excluding hydrogens is 394 g/mol. The maximum Gasteiger partial charge on any atom is 0.338 e. The summed E-state index contributed by atoms with van der Waals surface area (Å²) in [4.78, 5) is 41.6. The van der Waals surface area contributed by atoms with Crippen LogP contribution in [-0.4, -0.2) is 47.6 Å². The molecule has 4 amide bonds. The van der Waals surface area contributed by atoms with Crippen molar-refractivity contribution in [2.45, 2.75) is 13.5 Å². The summed E-state index contributed by atoms with van der Waals surface area (Å²) in [5.74, 6) is -1.25. The number of benzene rings is 2. The number of fused-ring (bicyclic) bond motifs is 1. The number of methoxy groups -OCH3 is 1. The van der Waals surface area contributed by atoms with Crippen molar-refractivity contribution in [2.75, 3.05) is 25.2 Å². The van der Waals surface area contributed by atoms with Crippen LogP contribution in [0.25, 0.3) is 17.0 Å². The molecule has 4 rings (SSSR count). The van der Waals surface area contributed by atoms with E-state index < -0.39 is 17.8 Å². The van der Waals surface area contributed by atoms with Crippen molar-refractivity contribution in [3.05, 3.63) is 71.9 Å². The van der Waals surface area contributed by atoms with Gasteiger partial charge in [0, 0.05) is 36.3 Å². The number of rotatable bonds is 6. The smallest absolute Gasteiger partial charge is 0.338 e. The van der Waals surface area contributed by atoms with Gasteiger partial charge in [0.25, 0.3) is 11.8 Å². The van der Waals surface area contributed by atoms with E-state index in [0.717, 1.165) is 32.8 Å². The van der Waals surface area contributed by atoms with Crippen LogP contribution in [0.5, 0.6) is 0 Å². The molecule has 0 radical (unpaired) electrons. The fraction of sp³-hybridized carbons (Fsp3) is 0.208. The van der Waals surface area contributed by atoms with Gasteiger partial charge in [0.05, 0.1) is 18.8 Å². The Morgan fingerprint density at radius 1 is 0.935 bits per heavy atom. The molecule has 1 saturated heterocycles. The lowest BCUT2D eigenvalue weighted by Gasteiger charge is -2.33. The predicted octanol–water partition coefficient (Wildman–Crippen LogP) is 3.69. The molecule has 3 aromatic rings. The summed E-state index contributed by atoms with van der Waals surface area (Å²) < 4.78 is 7.12. The van der Waals surface area contributed by atoms with Crippen LogP contribution in [-0.2, 0) is 20.9 Å². The standard InChI is InChI=1S/C24H23N3O4/c1-3-25-16-17(19-11-7-8-12-21(19)25)15-20-22(28)26(13-14-31-2)24(30)27(23(20)29)18-9-5-4-6-10-18/h4-12,15-16H,3,13-14H2,1-2H3. The lowest BCUT2D eigenvalue weighted by molar-refractivity contribution is -0.129. The molecule has 7 heteroatoms. The van der Waals surface area contributed by atoms with Crippen molar-refractivity contribution in [3.63, 3.8) is 0 Å². The van der Waals surface area contributed by atoms with Gasteiger partial charge in [-0.15, -0.1) is 0 Å². The molecule has 0 bridgehead atoms. The summed E-state index contributed by atoms with van der Waals surface area (Å²) in [6.45, 7) is 3.01. The zero-order chi connectivity index (χ0) is 22.0. The average molecular weight is 417 g/mol. The van der Waals surface area contributed by atoms with E-state index in [1.165, 1.54) is 7.11 Å². The van der Waals surface area contributed by atoms with Crippen LogP contribution in [0, 0.1) is 0 Å². The van der Waals surface area contributed by atoms with Gasteiger partial charge in [-0.25, -0.2) is 9.69 Å². The number of carbonyl (C=O) groups excluding carboxylic acids is 3. The van der Waals surface area contributed by atoms with Crippen LogP contribution in [0.3, 0.4) is 0 Å². The summed E-state index contributed by atoms with van der Waals surface area (Å²) in [6, 6.07) is 15.8. The number of urea groups is 1. The fourth-order valence-electron chi connectivity index (χ4n) is 3.77. The van der Waals surface area contributed by atoms with Crippen molar-refractivity contribution in [1.82, 2.24) is 9.47 Å². The molecule has 7 nitrogen and oxygen atoms in total. The molecule has 1 aliphatic rings. The van der Waals surface area contributed by atoms with E-state index in [2.05, 4.69) is 4.57 Å². The summed E-state index contributed by atoms with van der Waals surface area (Å²) >= 11 is 0. The summed E-state index contributed by atoms with van der Waals surface area (Å²) in [5, 5.41) is 0.934. The van der Waals surface area contributed by atoms with Crippen molar-refractivity contribution in [3.8, 4) is 0 Å². The van der Waals surface area contributed by atoms with Gasteiger partial charge in [-0.05, 0) is 31.2 Å². The number of nitrogens with zero attached hydrogens (tertiary/aromatic N) is 3. The highest BCUT2D eigenvalue weighted by atomic mass is 16.5. The number of aromatic nitrogens is 1. The highest BCUT2D eigenvalue weighted by Crippen LogP contribution is 2.28. The van der Waals surface area contributed by atoms with Crippen molar-refractivity contribution in [1.29, 1.82) is 0 Å². The molecule has 0 aliphatic carbocycles. The number of amides is 4. The van der Waals surface area contributed by atoms with Gasteiger partial charge in [-0.3, -0.25) is 14.5 Å². The summed E-state index contributed by atoms with van der Waals surface area (Å²) in [7, 11) is 1.50. The van der Waals surface area contributed by atoms with Gasteiger partial charge in [0.15, 0.2) is 0 Å². The molecule has 0 saturated carbocycles. The molecule has 1 aliphatic heterocycles. The predicted molar refractivity (Wildman–Crippen MR) is 119 cm³/mol. The van der Waals surface area contributed by atoms with E-state index in [1.807, 2.05) is 37.4 Å². The average Bonchev–Trinajstić information content (AvgIpc) is 3.15. The minimum Gasteiger partial charge on any atom is -0.383 e. The van der Waals surface area contributed by atoms with Crippen molar-refractivity contribution < 1.29 is 19.1 Å². The third kappa shape index (κ3) is 3.64. The van der Waals surface area contributed by atoms with Gasteiger partial charge in [-0.2, -0.15) is 0 Å². The number of ether oxygens (including phenoxy) is 1. The maximum atomic E-state index is 13.3. The van der Waals surface area contributed by atoms with Crippen LogP contribution in [0.2, 0.25) is 0 Å². The Hall–Kier alpha value is -3.71. The second kappa shape index (κ2) is 8.57. The molecule has 1 fully saturated rings. The first-order valence-corrected chi connectivity index (χ1v) is 10.1. The normalized spacial score (nSPS) is 16.1. The lowest BCUT2D eigenvalue weighted by atomic mass is 10.0. The Labute approximate surface area is 180 Å². The van der Waals surface area contributed by atoms with Gasteiger partial charge < -0.3 is 9.30 Å². The Morgan fingerprint density at radius 2 is 1.65 bits per heavy atom. The number of aryl methyl sites for hydroxylation is 1. The Morgan fingerprint density at radius 3 is 2.35 bits per heavy atom. The second-order valence-electron chi connectivity index (χ2n) is 7.15. The van der Waals surface area contributed by atoms with Crippen LogP contribution in [0.1, 0.15) is 12.5 Å². The number of barbiturate groups is 1. The monoisotopic (exact) mass is 417 g/mol. The van der Waals surface area contributed by atoms with Crippen LogP contribution in [0.15, 0.2) is 66.4 Å². The van der Waals surface area contributed by atoms with E-state index >= 15 is 0 Å². The van der Waals surface area contributed by atoms with Crippen molar-refractivity contribution >= 4 is 40.5 Å². The zero-order valence-corrected chi connectivity index (χ0v) is 17.4. The molecule has 1 aromatic heterocycles. The van der Waals surface area contributed by atoms with Crippen LogP contribution >= 0.6 is 0 Å². The van der Waals surface area contributed by atoms with Crippen molar-refractivity contribution in [2.24, 2.45) is 0 Å². The second-order valence-corrected chi connectivity index (χ2v) is 7.15. The topological polar surface area (TPSA) is 71.8 Å². The molecule has 0 spiro atoms. The Kier molecular flexibility index (Phi) is 5.68. The SMILES string of the molecule is CCn1cc(C=C2C(=O)N(CCOC)C(=O)N(c3ccccc3)C2=O)c2ccccc21. The quantitative estimate of drug-likeness (QED) is 0.453. The third-order valence-electron chi connectivity index (χ3n) is 5.32. The minimum absolute atomic E-state index is 0.0544. The minimum atomic E-state index is -0.675. The Balaban J connectivity index is 1.85. The molecular formula is C24H23N3O4. The first-order valence-electron chi connectivity index (χ1n) is 10.1. The molecule has 2 aromatic carbocycles. The molecule has 0 N–H and O–H groups in total. The first kappa shape index (κ1) is 20.6. The van der Waals surface area contributed by atoms with E-state index in [1.54, 1.807) is 36.4 Å². The molecule has 2 heterocycles. The lowest BCUT2D eigenvalue weighted by Crippen LogP contribution is -2.57. The number of carbonyl (C=O) groups is 3. The molecule has 0 unspecified atom stereocenters. The zero-order valence-electron chi connectivity index (χ0n) is 17.4. The number of anilines is 1. The van der Waals surface area contributed by atoms with E-state index in [9.17, 15) is 14.4 Å².